The first-order valence-electron chi connectivity index (χ1n) is 9.99. The Morgan fingerprint density at radius 2 is 1.67 bits per heavy atom. The molecule has 0 saturated carbocycles. The van der Waals surface area contributed by atoms with E-state index in [9.17, 15) is 9.59 Å². The second-order valence-corrected chi connectivity index (χ2v) is 8.26. The summed E-state index contributed by atoms with van der Waals surface area (Å²) in [5, 5.41) is 2.82. The third-order valence-electron chi connectivity index (χ3n) is 4.97. The lowest BCUT2D eigenvalue weighted by atomic mass is 9.87. The topological polar surface area (TPSA) is 67.9 Å². The summed E-state index contributed by atoms with van der Waals surface area (Å²) in [6.45, 7) is 7.08. The molecule has 0 aliphatic carbocycles. The first kappa shape index (κ1) is 23.3. The molecule has 0 heterocycles. The van der Waals surface area contributed by atoms with Gasteiger partial charge >= 0.3 is 0 Å². The fourth-order valence-electron chi connectivity index (χ4n) is 3.02. The minimum atomic E-state index is -0.178. The summed E-state index contributed by atoms with van der Waals surface area (Å²) in [6.07, 6.45) is 0.223. The van der Waals surface area contributed by atoms with Gasteiger partial charge in [0.25, 0.3) is 5.91 Å². The van der Waals surface area contributed by atoms with Crippen LogP contribution in [0.5, 0.6) is 11.5 Å². The second-order valence-electron chi connectivity index (χ2n) is 8.26. The maximum Gasteiger partial charge on any atom is 0.251 e. The van der Waals surface area contributed by atoms with Crippen LogP contribution in [-0.2, 0) is 16.8 Å². The summed E-state index contributed by atoms with van der Waals surface area (Å²) in [5.74, 6) is 1.13. The van der Waals surface area contributed by atoms with Crippen LogP contribution in [-0.4, -0.2) is 44.5 Å². The van der Waals surface area contributed by atoms with Crippen LogP contribution in [0.4, 0.5) is 0 Å². The number of amides is 2. The Bertz CT molecular complexity index is 870. The highest BCUT2D eigenvalue weighted by Gasteiger charge is 2.15. The van der Waals surface area contributed by atoms with Gasteiger partial charge in [-0.15, -0.1) is 0 Å². The number of hydrogen-bond donors (Lipinski definition) is 1. The van der Waals surface area contributed by atoms with E-state index < -0.39 is 0 Å². The molecule has 1 N–H and O–H groups in total. The van der Waals surface area contributed by atoms with Gasteiger partial charge < -0.3 is 19.7 Å². The Balaban J connectivity index is 1.86. The average Bonchev–Trinajstić information content (AvgIpc) is 2.73. The van der Waals surface area contributed by atoms with E-state index in [1.54, 1.807) is 32.2 Å². The van der Waals surface area contributed by atoms with Gasteiger partial charge in [-0.05, 0) is 35.2 Å². The molecule has 6 heteroatoms. The SMILES string of the molecule is COc1ccc(CN(C)C(=O)CCNC(=O)c2ccc(C(C)(C)C)cc2)c(OC)c1. The van der Waals surface area contributed by atoms with Crippen molar-refractivity contribution in [3.63, 3.8) is 0 Å². The third-order valence-corrected chi connectivity index (χ3v) is 4.97. The van der Waals surface area contributed by atoms with Crippen molar-refractivity contribution in [3.8, 4) is 11.5 Å². The van der Waals surface area contributed by atoms with Crippen molar-refractivity contribution < 1.29 is 19.1 Å². The van der Waals surface area contributed by atoms with Gasteiger partial charge in [-0.3, -0.25) is 9.59 Å². The summed E-state index contributed by atoms with van der Waals surface area (Å²) in [5.41, 5.74) is 2.69. The second kappa shape index (κ2) is 10.1. The van der Waals surface area contributed by atoms with Gasteiger partial charge in [0.05, 0.1) is 14.2 Å². The smallest absolute Gasteiger partial charge is 0.251 e. The number of nitrogens with one attached hydrogen (secondary N) is 1. The minimum Gasteiger partial charge on any atom is -0.497 e. The molecule has 30 heavy (non-hydrogen) atoms. The number of nitrogens with zero attached hydrogens (tertiary/aromatic N) is 1. The molecule has 2 aromatic rings. The van der Waals surface area contributed by atoms with E-state index >= 15 is 0 Å². The highest BCUT2D eigenvalue weighted by atomic mass is 16.5. The van der Waals surface area contributed by atoms with E-state index in [4.69, 9.17) is 9.47 Å². The molecule has 0 unspecified atom stereocenters. The zero-order valence-corrected chi connectivity index (χ0v) is 18.7. The number of rotatable bonds is 8. The Hall–Kier alpha value is -3.02. The summed E-state index contributed by atoms with van der Waals surface area (Å²) < 4.78 is 10.6. The van der Waals surface area contributed by atoms with Crippen molar-refractivity contribution in [1.82, 2.24) is 10.2 Å². The summed E-state index contributed by atoms with van der Waals surface area (Å²) in [6, 6.07) is 13.1. The first-order chi connectivity index (χ1) is 14.2. The van der Waals surface area contributed by atoms with E-state index in [-0.39, 0.29) is 30.2 Å². The lowest BCUT2D eigenvalue weighted by Crippen LogP contribution is -2.32. The van der Waals surface area contributed by atoms with Crippen molar-refractivity contribution in [2.45, 2.75) is 39.2 Å². The highest BCUT2D eigenvalue weighted by Crippen LogP contribution is 2.25. The lowest BCUT2D eigenvalue weighted by Gasteiger charge is -2.20. The maximum absolute atomic E-state index is 12.5. The normalized spacial score (nSPS) is 11.0. The summed E-state index contributed by atoms with van der Waals surface area (Å²) in [7, 11) is 4.92. The predicted octanol–water partition coefficient (Wildman–Crippen LogP) is 3.78. The van der Waals surface area contributed by atoms with Crippen molar-refractivity contribution in [3.05, 3.63) is 59.2 Å². The van der Waals surface area contributed by atoms with E-state index in [2.05, 4.69) is 26.1 Å². The Morgan fingerprint density at radius 1 is 1.00 bits per heavy atom. The minimum absolute atomic E-state index is 0.0403. The van der Waals surface area contributed by atoms with Crippen LogP contribution in [0.15, 0.2) is 42.5 Å². The molecule has 2 rings (SSSR count). The van der Waals surface area contributed by atoms with Crippen LogP contribution in [0, 0.1) is 0 Å². The van der Waals surface area contributed by atoms with E-state index in [1.165, 1.54) is 5.56 Å². The number of methoxy groups -OCH3 is 2. The van der Waals surface area contributed by atoms with Gasteiger partial charge in [-0.25, -0.2) is 0 Å². The zero-order chi connectivity index (χ0) is 22.3. The molecule has 0 atom stereocenters. The molecule has 0 aromatic heterocycles. The fraction of sp³-hybridized carbons (Fsp3) is 0.417. The maximum atomic E-state index is 12.5. The van der Waals surface area contributed by atoms with Crippen LogP contribution >= 0.6 is 0 Å². The molecule has 0 spiro atoms. The molecule has 2 aromatic carbocycles. The first-order valence-corrected chi connectivity index (χ1v) is 9.99. The van der Waals surface area contributed by atoms with Gasteiger partial charge in [-0.1, -0.05) is 32.9 Å². The molecular formula is C24H32N2O4. The van der Waals surface area contributed by atoms with Crippen LogP contribution in [0.2, 0.25) is 0 Å². The predicted molar refractivity (Wildman–Crippen MR) is 118 cm³/mol. The van der Waals surface area contributed by atoms with Gasteiger partial charge in [-0.2, -0.15) is 0 Å². The fourth-order valence-corrected chi connectivity index (χ4v) is 3.02. The molecule has 0 aliphatic heterocycles. The van der Waals surface area contributed by atoms with Crippen molar-refractivity contribution in [2.24, 2.45) is 0 Å². The van der Waals surface area contributed by atoms with Gasteiger partial charge in [0, 0.05) is 43.8 Å². The number of carbonyl (C=O) groups is 2. The average molecular weight is 413 g/mol. The van der Waals surface area contributed by atoms with Crippen LogP contribution in [0.25, 0.3) is 0 Å². The molecular weight excluding hydrogens is 380 g/mol. The van der Waals surface area contributed by atoms with Crippen molar-refractivity contribution in [2.75, 3.05) is 27.8 Å². The summed E-state index contributed by atoms with van der Waals surface area (Å²) >= 11 is 0. The highest BCUT2D eigenvalue weighted by molar-refractivity contribution is 5.94. The van der Waals surface area contributed by atoms with Crippen LogP contribution in [0.1, 0.15) is 48.7 Å². The Kier molecular flexibility index (Phi) is 7.86. The molecule has 0 radical (unpaired) electrons. The number of benzene rings is 2. The molecule has 2 amide bonds. The Morgan fingerprint density at radius 3 is 2.23 bits per heavy atom. The molecule has 0 bridgehead atoms. The summed E-state index contributed by atoms with van der Waals surface area (Å²) in [4.78, 5) is 26.4. The van der Waals surface area contributed by atoms with E-state index in [0.717, 1.165) is 5.56 Å². The zero-order valence-electron chi connectivity index (χ0n) is 18.7. The molecule has 0 fully saturated rings. The molecule has 162 valence electrons. The molecule has 0 saturated heterocycles. The number of hydrogen-bond acceptors (Lipinski definition) is 4. The third kappa shape index (κ3) is 6.24. The van der Waals surface area contributed by atoms with Gasteiger partial charge in [0.1, 0.15) is 11.5 Å². The Labute approximate surface area is 179 Å². The standard InChI is InChI=1S/C24H32N2O4/c1-24(2,3)19-10-7-17(8-11-19)23(28)25-14-13-22(27)26(4)16-18-9-12-20(29-5)15-21(18)30-6/h7-12,15H,13-14,16H2,1-6H3,(H,25,28). The number of carbonyl (C=O) groups excluding carboxylic acids is 2. The number of ether oxygens (including phenoxy) is 2. The van der Waals surface area contributed by atoms with Crippen molar-refractivity contribution in [1.29, 1.82) is 0 Å². The lowest BCUT2D eigenvalue weighted by molar-refractivity contribution is -0.130. The molecule has 6 nitrogen and oxygen atoms in total. The van der Waals surface area contributed by atoms with Gasteiger partial charge in [0.15, 0.2) is 0 Å². The monoisotopic (exact) mass is 412 g/mol. The van der Waals surface area contributed by atoms with E-state index in [0.29, 0.717) is 23.6 Å². The quantitative estimate of drug-likeness (QED) is 0.717. The van der Waals surface area contributed by atoms with Crippen LogP contribution in [0.3, 0.4) is 0 Å². The van der Waals surface area contributed by atoms with E-state index in [1.807, 2.05) is 36.4 Å². The van der Waals surface area contributed by atoms with Crippen LogP contribution < -0.4 is 14.8 Å². The van der Waals surface area contributed by atoms with Gasteiger partial charge in [0.2, 0.25) is 5.91 Å². The largest absolute Gasteiger partial charge is 0.497 e. The van der Waals surface area contributed by atoms with Crippen molar-refractivity contribution >= 4 is 11.8 Å². The molecule has 0 aliphatic rings.